The monoisotopic (exact) mass is 255 g/mol. The van der Waals surface area contributed by atoms with Crippen LogP contribution in [0.1, 0.15) is 45.1 Å². The lowest BCUT2D eigenvalue weighted by Gasteiger charge is -2.24. The number of hydrogen-bond donors (Lipinski definition) is 0. The van der Waals surface area contributed by atoms with Crippen LogP contribution in [0, 0.1) is 6.92 Å². The van der Waals surface area contributed by atoms with Crippen molar-refractivity contribution in [3.05, 3.63) is 17.0 Å². The van der Waals surface area contributed by atoms with Crippen molar-refractivity contribution in [3.8, 4) is 0 Å². The fraction of sp³-hybridized carbons (Fsp3) is 0.692. The highest BCUT2D eigenvalue weighted by Crippen LogP contribution is 2.19. The second kappa shape index (κ2) is 7.49. The third-order valence-electron chi connectivity index (χ3n) is 2.78. The van der Waals surface area contributed by atoms with E-state index in [-0.39, 0.29) is 0 Å². The van der Waals surface area contributed by atoms with E-state index in [1.165, 1.54) is 25.7 Å². The van der Waals surface area contributed by atoms with Crippen LogP contribution in [0.15, 0.2) is 6.20 Å². The predicted octanol–water partition coefficient (Wildman–Crippen LogP) is 3.85. The van der Waals surface area contributed by atoms with Crippen LogP contribution in [0.2, 0.25) is 5.28 Å². The summed E-state index contributed by atoms with van der Waals surface area (Å²) < 4.78 is 0. The minimum Gasteiger partial charge on any atom is -0.356 e. The Labute approximate surface area is 109 Å². The van der Waals surface area contributed by atoms with E-state index in [0.717, 1.165) is 24.5 Å². The Morgan fingerprint density at radius 3 is 2.29 bits per heavy atom. The molecule has 1 rings (SSSR count). The highest BCUT2D eigenvalue weighted by Gasteiger charge is 2.11. The molecule has 1 aromatic heterocycles. The summed E-state index contributed by atoms with van der Waals surface area (Å²) in [5.41, 5.74) is 1.10. The van der Waals surface area contributed by atoms with Crippen molar-refractivity contribution in [1.29, 1.82) is 0 Å². The topological polar surface area (TPSA) is 29.0 Å². The van der Waals surface area contributed by atoms with Gasteiger partial charge in [0.15, 0.2) is 0 Å². The Morgan fingerprint density at radius 1 is 1.18 bits per heavy atom. The van der Waals surface area contributed by atoms with Crippen LogP contribution < -0.4 is 4.90 Å². The highest BCUT2D eigenvalue weighted by molar-refractivity contribution is 6.28. The number of hydrogen-bond acceptors (Lipinski definition) is 3. The van der Waals surface area contributed by atoms with Gasteiger partial charge in [0.05, 0.1) is 0 Å². The summed E-state index contributed by atoms with van der Waals surface area (Å²) in [5, 5.41) is 0.337. The first-order chi connectivity index (χ1) is 8.19. The van der Waals surface area contributed by atoms with Crippen molar-refractivity contribution < 1.29 is 0 Å². The number of anilines is 1. The first kappa shape index (κ1) is 14.2. The molecule has 0 amide bonds. The van der Waals surface area contributed by atoms with Gasteiger partial charge in [-0.05, 0) is 31.4 Å². The molecule has 0 aliphatic rings. The van der Waals surface area contributed by atoms with Crippen molar-refractivity contribution >= 4 is 17.4 Å². The smallest absolute Gasteiger partial charge is 0.224 e. The van der Waals surface area contributed by atoms with Gasteiger partial charge in [-0.2, -0.15) is 0 Å². The summed E-state index contributed by atoms with van der Waals surface area (Å²) in [6.45, 7) is 8.54. The summed E-state index contributed by atoms with van der Waals surface area (Å²) >= 11 is 5.88. The normalized spacial score (nSPS) is 10.6. The van der Waals surface area contributed by atoms with Gasteiger partial charge < -0.3 is 4.90 Å². The summed E-state index contributed by atoms with van der Waals surface area (Å²) in [6.07, 6.45) is 6.56. The number of aryl methyl sites for hydroxylation is 1. The fourth-order valence-electron chi connectivity index (χ4n) is 1.75. The maximum Gasteiger partial charge on any atom is 0.224 e. The third-order valence-corrected chi connectivity index (χ3v) is 2.96. The molecule has 1 aromatic rings. The Kier molecular flexibility index (Phi) is 6.27. The molecule has 0 aliphatic carbocycles. The summed E-state index contributed by atoms with van der Waals surface area (Å²) in [5.74, 6) is 0.993. The lowest BCUT2D eigenvalue weighted by atomic mass is 10.2. The lowest BCUT2D eigenvalue weighted by Crippen LogP contribution is -2.27. The average molecular weight is 256 g/mol. The Morgan fingerprint density at radius 2 is 1.76 bits per heavy atom. The summed E-state index contributed by atoms with van der Waals surface area (Å²) in [4.78, 5) is 10.7. The molecule has 4 heteroatoms. The molecule has 0 spiro atoms. The summed E-state index contributed by atoms with van der Waals surface area (Å²) in [6, 6.07) is 0. The van der Waals surface area contributed by atoms with Crippen LogP contribution in [0.3, 0.4) is 0 Å². The first-order valence-corrected chi connectivity index (χ1v) is 6.80. The number of nitrogens with zero attached hydrogens (tertiary/aromatic N) is 3. The van der Waals surface area contributed by atoms with Gasteiger partial charge in [0.2, 0.25) is 5.28 Å². The number of rotatable bonds is 7. The number of aromatic nitrogens is 2. The minimum atomic E-state index is 0.337. The number of halogens is 1. The molecule has 1 heterocycles. The van der Waals surface area contributed by atoms with E-state index in [1.54, 1.807) is 6.20 Å². The SMILES string of the molecule is CCCCN(CCCC)c1nc(Cl)ncc1C. The molecule has 0 N–H and O–H groups in total. The third kappa shape index (κ3) is 4.50. The van der Waals surface area contributed by atoms with Crippen molar-refractivity contribution in [3.63, 3.8) is 0 Å². The second-order valence-corrected chi connectivity index (χ2v) is 4.68. The van der Waals surface area contributed by atoms with Crippen LogP contribution in [-0.2, 0) is 0 Å². The molecule has 0 aliphatic heterocycles. The predicted molar refractivity (Wildman–Crippen MR) is 73.8 cm³/mol. The molecule has 0 aromatic carbocycles. The van der Waals surface area contributed by atoms with Crippen LogP contribution in [-0.4, -0.2) is 23.1 Å². The van der Waals surface area contributed by atoms with E-state index in [2.05, 4.69) is 28.7 Å². The van der Waals surface area contributed by atoms with E-state index in [0.29, 0.717) is 5.28 Å². The quantitative estimate of drug-likeness (QED) is 0.693. The van der Waals surface area contributed by atoms with E-state index >= 15 is 0 Å². The van der Waals surface area contributed by atoms with Gasteiger partial charge in [-0.25, -0.2) is 9.97 Å². The van der Waals surface area contributed by atoms with E-state index in [9.17, 15) is 0 Å². The fourth-order valence-corrected chi connectivity index (χ4v) is 1.88. The first-order valence-electron chi connectivity index (χ1n) is 6.43. The van der Waals surface area contributed by atoms with Crippen LogP contribution in [0.5, 0.6) is 0 Å². The van der Waals surface area contributed by atoms with Crippen molar-refractivity contribution in [2.24, 2.45) is 0 Å². The van der Waals surface area contributed by atoms with E-state index in [1.807, 2.05) is 6.92 Å². The average Bonchev–Trinajstić information content (AvgIpc) is 2.33. The molecule has 0 saturated heterocycles. The van der Waals surface area contributed by atoms with Crippen molar-refractivity contribution in [2.45, 2.75) is 46.5 Å². The minimum absolute atomic E-state index is 0.337. The molecule has 0 saturated carbocycles. The van der Waals surface area contributed by atoms with Gasteiger partial charge in [-0.3, -0.25) is 0 Å². The van der Waals surface area contributed by atoms with Gasteiger partial charge in [0, 0.05) is 24.8 Å². The Balaban J connectivity index is 2.82. The molecular formula is C13H22ClN3. The second-order valence-electron chi connectivity index (χ2n) is 4.34. The highest BCUT2D eigenvalue weighted by atomic mass is 35.5. The molecule has 17 heavy (non-hydrogen) atoms. The number of unbranched alkanes of at least 4 members (excludes halogenated alkanes) is 2. The lowest BCUT2D eigenvalue weighted by molar-refractivity contribution is 0.668. The maximum absolute atomic E-state index is 5.88. The summed E-state index contributed by atoms with van der Waals surface area (Å²) in [7, 11) is 0. The zero-order chi connectivity index (χ0) is 12.7. The Hall–Kier alpha value is -0.830. The van der Waals surface area contributed by atoms with Gasteiger partial charge >= 0.3 is 0 Å². The molecule has 0 radical (unpaired) electrons. The maximum atomic E-state index is 5.88. The molecular weight excluding hydrogens is 234 g/mol. The van der Waals surface area contributed by atoms with E-state index < -0.39 is 0 Å². The van der Waals surface area contributed by atoms with Crippen LogP contribution in [0.4, 0.5) is 5.82 Å². The van der Waals surface area contributed by atoms with Crippen molar-refractivity contribution in [2.75, 3.05) is 18.0 Å². The molecule has 0 unspecified atom stereocenters. The van der Waals surface area contributed by atoms with Crippen LogP contribution >= 0.6 is 11.6 Å². The van der Waals surface area contributed by atoms with Gasteiger partial charge in [-0.15, -0.1) is 0 Å². The van der Waals surface area contributed by atoms with Crippen LogP contribution in [0.25, 0.3) is 0 Å². The zero-order valence-corrected chi connectivity index (χ0v) is 11.8. The van der Waals surface area contributed by atoms with Gasteiger partial charge in [0.25, 0.3) is 0 Å². The standard InChI is InChI=1S/C13H22ClN3/c1-4-6-8-17(9-7-5-2)12-11(3)10-15-13(14)16-12/h10H,4-9H2,1-3H3. The molecule has 96 valence electrons. The largest absolute Gasteiger partial charge is 0.356 e. The molecule has 0 bridgehead atoms. The molecule has 0 fully saturated rings. The van der Waals surface area contributed by atoms with Gasteiger partial charge in [0.1, 0.15) is 5.82 Å². The zero-order valence-electron chi connectivity index (χ0n) is 11.0. The van der Waals surface area contributed by atoms with Gasteiger partial charge in [-0.1, -0.05) is 26.7 Å². The Bertz CT molecular complexity index is 333. The molecule has 0 atom stereocenters. The molecule has 3 nitrogen and oxygen atoms in total. The van der Waals surface area contributed by atoms with Crippen molar-refractivity contribution in [1.82, 2.24) is 9.97 Å². The van der Waals surface area contributed by atoms with E-state index in [4.69, 9.17) is 11.6 Å².